The Morgan fingerprint density at radius 3 is 3.20 bits per heavy atom. The average Bonchev–Trinajstić information content (AvgIpc) is 1.94. The van der Waals surface area contributed by atoms with Gasteiger partial charge in [-0.15, -0.1) is 0 Å². The van der Waals surface area contributed by atoms with E-state index in [2.05, 4.69) is 0 Å². The van der Waals surface area contributed by atoms with E-state index in [1.165, 1.54) is 0 Å². The Labute approximate surface area is 60.8 Å². The SMILES string of the molecule is CO/C=C1/C=CCCC1O. The van der Waals surface area contributed by atoms with Crippen molar-refractivity contribution in [2.24, 2.45) is 0 Å². The number of aliphatic hydroxyl groups excluding tert-OH is 1. The molecule has 0 aromatic rings. The first-order chi connectivity index (χ1) is 4.84. The van der Waals surface area contributed by atoms with E-state index in [0.29, 0.717) is 0 Å². The van der Waals surface area contributed by atoms with Crippen LogP contribution in [0.5, 0.6) is 0 Å². The summed E-state index contributed by atoms with van der Waals surface area (Å²) in [7, 11) is 1.59. The molecule has 56 valence electrons. The Bertz CT molecular complexity index is 159. The van der Waals surface area contributed by atoms with E-state index in [-0.39, 0.29) is 6.10 Å². The zero-order chi connectivity index (χ0) is 7.40. The normalized spacial score (nSPS) is 29.0. The second-order valence-electron chi connectivity index (χ2n) is 2.35. The molecule has 1 rings (SSSR count). The Morgan fingerprint density at radius 2 is 2.60 bits per heavy atom. The number of rotatable bonds is 1. The summed E-state index contributed by atoms with van der Waals surface area (Å²) in [5.41, 5.74) is 0.869. The topological polar surface area (TPSA) is 29.5 Å². The molecule has 0 spiro atoms. The molecular formula is C8H12O2. The van der Waals surface area contributed by atoms with Crippen molar-refractivity contribution in [3.8, 4) is 0 Å². The molecule has 1 aliphatic carbocycles. The molecule has 1 N–H and O–H groups in total. The van der Waals surface area contributed by atoms with Crippen LogP contribution in [-0.2, 0) is 4.74 Å². The van der Waals surface area contributed by atoms with Crippen LogP contribution in [0, 0.1) is 0 Å². The Balaban J connectivity index is 2.63. The summed E-state index contributed by atoms with van der Waals surface area (Å²) in [5.74, 6) is 0. The lowest BCUT2D eigenvalue weighted by Crippen LogP contribution is -2.11. The van der Waals surface area contributed by atoms with Gasteiger partial charge in [-0.25, -0.2) is 0 Å². The highest BCUT2D eigenvalue weighted by atomic mass is 16.5. The lowest BCUT2D eigenvalue weighted by Gasteiger charge is -2.14. The van der Waals surface area contributed by atoms with Crippen LogP contribution in [0.15, 0.2) is 24.0 Å². The molecular weight excluding hydrogens is 128 g/mol. The lowest BCUT2D eigenvalue weighted by atomic mass is 10.0. The van der Waals surface area contributed by atoms with Gasteiger partial charge < -0.3 is 9.84 Å². The van der Waals surface area contributed by atoms with Crippen molar-refractivity contribution in [1.29, 1.82) is 0 Å². The van der Waals surface area contributed by atoms with E-state index in [0.717, 1.165) is 18.4 Å². The number of methoxy groups -OCH3 is 1. The molecule has 0 aliphatic heterocycles. The first-order valence-corrected chi connectivity index (χ1v) is 3.42. The van der Waals surface area contributed by atoms with Crippen LogP contribution in [-0.4, -0.2) is 18.3 Å². The summed E-state index contributed by atoms with van der Waals surface area (Å²) in [6.45, 7) is 0. The summed E-state index contributed by atoms with van der Waals surface area (Å²) in [6.07, 6.45) is 6.97. The third kappa shape index (κ3) is 1.61. The van der Waals surface area contributed by atoms with E-state index < -0.39 is 0 Å². The van der Waals surface area contributed by atoms with Crippen molar-refractivity contribution >= 4 is 0 Å². The molecule has 0 saturated carbocycles. The van der Waals surface area contributed by atoms with Gasteiger partial charge in [0, 0.05) is 5.57 Å². The molecule has 2 nitrogen and oxygen atoms in total. The summed E-state index contributed by atoms with van der Waals surface area (Å²) < 4.78 is 4.78. The second kappa shape index (κ2) is 3.42. The van der Waals surface area contributed by atoms with Crippen LogP contribution >= 0.6 is 0 Å². The van der Waals surface area contributed by atoms with Gasteiger partial charge in [-0.3, -0.25) is 0 Å². The van der Waals surface area contributed by atoms with E-state index in [4.69, 9.17) is 4.74 Å². The fraction of sp³-hybridized carbons (Fsp3) is 0.500. The smallest absolute Gasteiger partial charge is 0.0882 e. The summed E-state index contributed by atoms with van der Waals surface area (Å²) in [4.78, 5) is 0. The fourth-order valence-electron chi connectivity index (χ4n) is 1.01. The minimum Gasteiger partial charge on any atom is -0.504 e. The van der Waals surface area contributed by atoms with Gasteiger partial charge >= 0.3 is 0 Å². The first kappa shape index (κ1) is 7.35. The molecule has 0 aromatic carbocycles. The van der Waals surface area contributed by atoms with Crippen molar-refractivity contribution in [2.45, 2.75) is 18.9 Å². The van der Waals surface area contributed by atoms with Crippen LogP contribution in [0.25, 0.3) is 0 Å². The van der Waals surface area contributed by atoms with Gasteiger partial charge in [0.1, 0.15) is 0 Å². The Morgan fingerprint density at radius 1 is 1.80 bits per heavy atom. The summed E-state index contributed by atoms with van der Waals surface area (Å²) in [6, 6.07) is 0. The van der Waals surface area contributed by atoms with Gasteiger partial charge in [-0.2, -0.15) is 0 Å². The number of ether oxygens (including phenoxy) is 1. The third-order valence-electron chi connectivity index (χ3n) is 1.56. The molecule has 1 aliphatic rings. The molecule has 0 amide bonds. The largest absolute Gasteiger partial charge is 0.504 e. The lowest BCUT2D eigenvalue weighted by molar-refractivity contribution is 0.195. The van der Waals surface area contributed by atoms with Crippen molar-refractivity contribution in [3.05, 3.63) is 24.0 Å². The van der Waals surface area contributed by atoms with Crippen LogP contribution in [0.4, 0.5) is 0 Å². The van der Waals surface area contributed by atoms with E-state index in [1.54, 1.807) is 13.4 Å². The Hall–Kier alpha value is -0.760. The Kier molecular flexibility index (Phi) is 2.51. The van der Waals surface area contributed by atoms with Crippen LogP contribution in [0.3, 0.4) is 0 Å². The van der Waals surface area contributed by atoms with Gasteiger partial charge in [-0.05, 0) is 12.8 Å². The molecule has 0 saturated heterocycles. The molecule has 2 heteroatoms. The zero-order valence-corrected chi connectivity index (χ0v) is 6.08. The molecule has 1 unspecified atom stereocenters. The van der Waals surface area contributed by atoms with Gasteiger partial charge in [0.05, 0.1) is 19.5 Å². The van der Waals surface area contributed by atoms with Gasteiger partial charge in [0.2, 0.25) is 0 Å². The van der Waals surface area contributed by atoms with Gasteiger partial charge in [0.15, 0.2) is 0 Å². The molecule has 10 heavy (non-hydrogen) atoms. The highest BCUT2D eigenvalue weighted by molar-refractivity contribution is 5.23. The van der Waals surface area contributed by atoms with Crippen LogP contribution in [0.1, 0.15) is 12.8 Å². The maximum absolute atomic E-state index is 9.30. The fourth-order valence-corrected chi connectivity index (χ4v) is 1.01. The summed E-state index contributed by atoms with van der Waals surface area (Å²) >= 11 is 0. The zero-order valence-electron chi connectivity index (χ0n) is 6.08. The van der Waals surface area contributed by atoms with E-state index in [1.807, 2.05) is 12.2 Å². The monoisotopic (exact) mass is 140 g/mol. The van der Waals surface area contributed by atoms with Crippen molar-refractivity contribution < 1.29 is 9.84 Å². The molecule has 0 heterocycles. The maximum atomic E-state index is 9.30. The number of allylic oxidation sites excluding steroid dienone is 1. The maximum Gasteiger partial charge on any atom is 0.0882 e. The molecule has 0 radical (unpaired) electrons. The highest BCUT2D eigenvalue weighted by Crippen LogP contribution is 2.16. The predicted molar refractivity (Wildman–Crippen MR) is 39.5 cm³/mol. The summed E-state index contributed by atoms with van der Waals surface area (Å²) in [5, 5.41) is 9.30. The minimum absolute atomic E-state index is 0.329. The van der Waals surface area contributed by atoms with Crippen molar-refractivity contribution in [1.82, 2.24) is 0 Å². The van der Waals surface area contributed by atoms with Crippen molar-refractivity contribution in [3.63, 3.8) is 0 Å². The second-order valence-corrected chi connectivity index (χ2v) is 2.35. The predicted octanol–water partition coefficient (Wildman–Crippen LogP) is 1.23. The molecule has 0 bridgehead atoms. The number of aliphatic hydroxyl groups is 1. The van der Waals surface area contributed by atoms with Crippen molar-refractivity contribution in [2.75, 3.05) is 7.11 Å². The quantitative estimate of drug-likeness (QED) is 0.555. The van der Waals surface area contributed by atoms with Crippen LogP contribution < -0.4 is 0 Å². The van der Waals surface area contributed by atoms with Gasteiger partial charge in [0.25, 0.3) is 0 Å². The number of hydrogen-bond donors (Lipinski definition) is 1. The van der Waals surface area contributed by atoms with E-state index >= 15 is 0 Å². The molecule has 0 aromatic heterocycles. The third-order valence-corrected chi connectivity index (χ3v) is 1.56. The van der Waals surface area contributed by atoms with Crippen LogP contribution in [0.2, 0.25) is 0 Å². The number of hydrogen-bond acceptors (Lipinski definition) is 2. The van der Waals surface area contributed by atoms with Gasteiger partial charge in [-0.1, -0.05) is 12.2 Å². The highest BCUT2D eigenvalue weighted by Gasteiger charge is 2.10. The molecule has 1 atom stereocenters. The van der Waals surface area contributed by atoms with E-state index in [9.17, 15) is 5.11 Å². The molecule has 0 fully saturated rings. The first-order valence-electron chi connectivity index (χ1n) is 3.42. The minimum atomic E-state index is -0.329. The standard InChI is InChI=1S/C8H12O2/c1-10-6-7-4-2-3-5-8(7)9/h2,4,6,8-9H,3,5H2,1H3/b7-6-. The average molecular weight is 140 g/mol.